The molecule has 6 heteroatoms. The van der Waals surface area contributed by atoms with Gasteiger partial charge in [-0.2, -0.15) is 0 Å². The zero-order chi connectivity index (χ0) is 19.2. The first-order valence-electron chi connectivity index (χ1n) is 8.85. The van der Waals surface area contributed by atoms with Gasteiger partial charge in [0.1, 0.15) is 5.75 Å². The lowest BCUT2D eigenvalue weighted by Crippen LogP contribution is -2.06. The maximum Gasteiger partial charge on any atom is 0.222 e. The minimum absolute atomic E-state index is 0.150. The zero-order valence-electron chi connectivity index (χ0n) is 15.7. The van der Waals surface area contributed by atoms with Crippen molar-refractivity contribution in [2.45, 2.75) is 26.4 Å². The first-order valence-corrected chi connectivity index (χ1v) is 9.23. The van der Waals surface area contributed by atoms with Gasteiger partial charge in [-0.05, 0) is 55.8 Å². The lowest BCUT2D eigenvalue weighted by Gasteiger charge is -2.14. The van der Waals surface area contributed by atoms with E-state index < -0.39 is 0 Å². The quantitative estimate of drug-likeness (QED) is 0.581. The van der Waals surface area contributed by atoms with Crippen LogP contribution in [0.3, 0.4) is 0 Å². The predicted molar refractivity (Wildman–Crippen MR) is 111 cm³/mol. The summed E-state index contributed by atoms with van der Waals surface area (Å²) in [5.41, 5.74) is 3.84. The Morgan fingerprint density at radius 3 is 2.37 bits per heavy atom. The van der Waals surface area contributed by atoms with Crippen LogP contribution in [-0.4, -0.2) is 23.1 Å². The molecule has 0 spiro atoms. The van der Waals surface area contributed by atoms with E-state index in [2.05, 4.69) is 20.6 Å². The molecule has 0 saturated carbocycles. The van der Waals surface area contributed by atoms with E-state index in [1.54, 1.807) is 6.20 Å². The van der Waals surface area contributed by atoms with Crippen LogP contribution in [-0.2, 0) is 6.42 Å². The molecule has 0 atom stereocenters. The molecule has 3 rings (SSSR count). The molecule has 1 aromatic heterocycles. The third-order valence-corrected chi connectivity index (χ3v) is 4.13. The SMILES string of the molecule is CNc1ncc(Nc2ccc(OC(C)C)cc2)c(Cc2ccc(Cl)cc2)n1. The molecule has 2 N–H and O–H groups in total. The van der Waals surface area contributed by atoms with E-state index in [0.29, 0.717) is 12.4 Å². The Morgan fingerprint density at radius 1 is 1.04 bits per heavy atom. The van der Waals surface area contributed by atoms with Crippen molar-refractivity contribution in [2.24, 2.45) is 0 Å². The molecule has 140 valence electrons. The summed E-state index contributed by atoms with van der Waals surface area (Å²) in [5, 5.41) is 7.11. The summed E-state index contributed by atoms with van der Waals surface area (Å²) in [7, 11) is 1.81. The van der Waals surface area contributed by atoms with Crippen LogP contribution < -0.4 is 15.4 Å². The number of hydrogen-bond donors (Lipinski definition) is 2. The van der Waals surface area contributed by atoms with Crippen molar-refractivity contribution in [3.63, 3.8) is 0 Å². The molecule has 0 amide bonds. The van der Waals surface area contributed by atoms with E-state index in [4.69, 9.17) is 16.3 Å². The van der Waals surface area contributed by atoms with Gasteiger partial charge < -0.3 is 15.4 Å². The van der Waals surface area contributed by atoms with E-state index in [-0.39, 0.29) is 6.10 Å². The fraction of sp³-hybridized carbons (Fsp3) is 0.238. The highest BCUT2D eigenvalue weighted by Gasteiger charge is 2.09. The summed E-state index contributed by atoms with van der Waals surface area (Å²) in [4.78, 5) is 8.96. The van der Waals surface area contributed by atoms with E-state index in [1.807, 2.05) is 69.4 Å². The van der Waals surface area contributed by atoms with Crippen LogP contribution in [0.25, 0.3) is 0 Å². The van der Waals surface area contributed by atoms with Crippen LogP contribution in [0.4, 0.5) is 17.3 Å². The third-order valence-electron chi connectivity index (χ3n) is 3.88. The molecule has 27 heavy (non-hydrogen) atoms. The number of halogens is 1. The van der Waals surface area contributed by atoms with Crippen LogP contribution in [0, 0.1) is 0 Å². The molecule has 0 bridgehead atoms. The average Bonchev–Trinajstić information content (AvgIpc) is 2.66. The Morgan fingerprint density at radius 2 is 1.74 bits per heavy atom. The second-order valence-electron chi connectivity index (χ2n) is 6.42. The van der Waals surface area contributed by atoms with Crippen molar-refractivity contribution >= 4 is 28.9 Å². The molecular weight excluding hydrogens is 360 g/mol. The number of ether oxygens (including phenoxy) is 1. The van der Waals surface area contributed by atoms with Crippen molar-refractivity contribution < 1.29 is 4.74 Å². The van der Waals surface area contributed by atoms with Gasteiger partial charge in [-0.3, -0.25) is 0 Å². The number of rotatable bonds is 7. The molecular formula is C21H23ClN4O. The van der Waals surface area contributed by atoms with Gasteiger partial charge in [-0.25, -0.2) is 9.97 Å². The van der Waals surface area contributed by atoms with Gasteiger partial charge in [0.25, 0.3) is 0 Å². The first-order chi connectivity index (χ1) is 13.0. The van der Waals surface area contributed by atoms with Crippen molar-refractivity contribution in [1.29, 1.82) is 0 Å². The fourth-order valence-electron chi connectivity index (χ4n) is 2.62. The number of aromatic nitrogens is 2. The highest BCUT2D eigenvalue weighted by Crippen LogP contribution is 2.25. The lowest BCUT2D eigenvalue weighted by atomic mass is 10.1. The van der Waals surface area contributed by atoms with Gasteiger partial charge >= 0.3 is 0 Å². The van der Waals surface area contributed by atoms with E-state index in [1.165, 1.54) is 0 Å². The number of benzene rings is 2. The fourth-order valence-corrected chi connectivity index (χ4v) is 2.74. The van der Waals surface area contributed by atoms with E-state index >= 15 is 0 Å². The first kappa shape index (κ1) is 19.0. The van der Waals surface area contributed by atoms with Crippen molar-refractivity contribution in [2.75, 3.05) is 17.7 Å². The maximum absolute atomic E-state index is 5.99. The summed E-state index contributed by atoms with van der Waals surface area (Å²) >= 11 is 5.99. The molecule has 0 aliphatic rings. The second-order valence-corrected chi connectivity index (χ2v) is 6.86. The van der Waals surface area contributed by atoms with Gasteiger partial charge in [0.2, 0.25) is 5.95 Å². The Hall–Kier alpha value is -2.79. The third kappa shape index (κ3) is 5.34. The maximum atomic E-state index is 5.99. The minimum Gasteiger partial charge on any atom is -0.491 e. The predicted octanol–water partition coefficient (Wildman–Crippen LogP) is 5.29. The average molecular weight is 383 g/mol. The Bertz CT molecular complexity index is 880. The topological polar surface area (TPSA) is 59.1 Å². The van der Waals surface area contributed by atoms with Crippen molar-refractivity contribution in [3.8, 4) is 5.75 Å². The summed E-state index contributed by atoms with van der Waals surface area (Å²) in [6, 6.07) is 15.6. The highest BCUT2D eigenvalue weighted by atomic mass is 35.5. The molecule has 1 heterocycles. The molecule has 0 fully saturated rings. The molecule has 0 aliphatic carbocycles. The molecule has 3 aromatic rings. The van der Waals surface area contributed by atoms with E-state index in [9.17, 15) is 0 Å². The van der Waals surface area contributed by atoms with Crippen LogP contribution in [0.2, 0.25) is 5.02 Å². The van der Waals surface area contributed by atoms with Crippen molar-refractivity contribution in [3.05, 3.63) is 71.0 Å². The molecule has 0 radical (unpaired) electrons. The second kappa shape index (κ2) is 8.73. The highest BCUT2D eigenvalue weighted by molar-refractivity contribution is 6.30. The minimum atomic E-state index is 0.150. The largest absolute Gasteiger partial charge is 0.491 e. The summed E-state index contributed by atoms with van der Waals surface area (Å²) in [6.45, 7) is 4.02. The van der Waals surface area contributed by atoms with Gasteiger partial charge in [0.15, 0.2) is 0 Å². The number of nitrogens with zero attached hydrogens (tertiary/aromatic N) is 2. The Kier molecular flexibility index (Phi) is 6.14. The molecule has 2 aromatic carbocycles. The number of nitrogens with one attached hydrogen (secondary N) is 2. The number of hydrogen-bond acceptors (Lipinski definition) is 5. The normalized spacial score (nSPS) is 10.7. The van der Waals surface area contributed by atoms with Gasteiger partial charge in [0, 0.05) is 24.2 Å². The zero-order valence-corrected chi connectivity index (χ0v) is 16.4. The number of anilines is 3. The molecule has 0 aliphatic heterocycles. The monoisotopic (exact) mass is 382 g/mol. The van der Waals surface area contributed by atoms with Crippen LogP contribution >= 0.6 is 11.6 Å². The smallest absolute Gasteiger partial charge is 0.222 e. The summed E-state index contributed by atoms with van der Waals surface area (Å²) in [6.07, 6.45) is 2.62. The Labute approximate surface area is 164 Å². The molecule has 5 nitrogen and oxygen atoms in total. The van der Waals surface area contributed by atoms with Crippen molar-refractivity contribution in [1.82, 2.24) is 9.97 Å². The summed E-state index contributed by atoms with van der Waals surface area (Å²) in [5.74, 6) is 1.43. The van der Waals surface area contributed by atoms with E-state index in [0.717, 1.165) is 33.4 Å². The standard InChI is InChI=1S/C21H23ClN4O/c1-14(2)27-18-10-8-17(9-11-18)25-20-13-24-21(23-3)26-19(20)12-15-4-6-16(22)7-5-15/h4-11,13-14,25H,12H2,1-3H3,(H,23,24,26). The lowest BCUT2D eigenvalue weighted by molar-refractivity contribution is 0.242. The molecule has 0 saturated heterocycles. The van der Waals surface area contributed by atoms with Crippen LogP contribution in [0.15, 0.2) is 54.7 Å². The van der Waals surface area contributed by atoms with Gasteiger partial charge in [0.05, 0.1) is 23.7 Å². The Balaban J connectivity index is 1.82. The van der Waals surface area contributed by atoms with Gasteiger partial charge in [-0.15, -0.1) is 0 Å². The summed E-state index contributed by atoms with van der Waals surface area (Å²) < 4.78 is 5.69. The van der Waals surface area contributed by atoms with Crippen LogP contribution in [0.1, 0.15) is 25.1 Å². The van der Waals surface area contributed by atoms with Gasteiger partial charge in [-0.1, -0.05) is 23.7 Å². The van der Waals surface area contributed by atoms with Crippen LogP contribution in [0.5, 0.6) is 5.75 Å². The molecule has 0 unspecified atom stereocenters.